The van der Waals surface area contributed by atoms with Crippen LogP contribution in [0, 0.1) is 17.7 Å². The molecule has 0 radical (unpaired) electrons. The zero-order valence-corrected chi connectivity index (χ0v) is 20.4. The fourth-order valence-electron chi connectivity index (χ4n) is 4.10. The Kier molecular flexibility index (Phi) is 6.51. The molecule has 2 aliphatic heterocycles. The van der Waals surface area contributed by atoms with Crippen LogP contribution in [-0.4, -0.2) is 46.3 Å². The Balaban J connectivity index is 1.50. The highest BCUT2D eigenvalue weighted by atomic mass is 32.2. The van der Waals surface area contributed by atoms with Crippen molar-refractivity contribution in [2.45, 2.75) is 31.8 Å². The van der Waals surface area contributed by atoms with E-state index in [2.05, 4.69) is 10.3 Å². The molecule has 1 aromatic heterocycles. The summed E-state index contributed by atoms with van der Waals surface area (Å²) in [5.74, 6) is -2.03. The average molecular weight is 515 g/mol. The van der Waals surface area contributed by atoms with Gasteiger partial charge in [0.2, 0.25) is 11.8 Å². The molecule has 0 aliphatic carbocycles. The Morgan fingerprint density at radius 1 is 1.26 bits per heavy atom. The number of carbonyl (C=O) groups is 2. The molecule has 2 aromatic rings. The minimum Gasteiger partial charge on any atom is -0.302 e. The molecule has 12 heteroatoms. The van der Waals surface area contributed by atoms with Crippen molar-refractivity contribution in [2.75, 3.05) is 19.4 Å². The first-order valence-corrected chi connectivity index (χ1v) is 12.2. The highest BCUT2D eigenvalue weighted by molar-refractivity contribution is 8.04. The number of hydrogen-bond donors (Lipinski definition) is 1. The van der Waals surface area contributed by atoms with Crippen LogP contribution in [0.4, 0.5) is 22.7 Å². The number of hydrogen-bond acceptors (Lipinski definition) is 6. The smallest absolute Gasteiger partial charge is 0.302 e. The molecular formula is C22H22F4N4O2S2. The molecule has 2 atom stereocenters. The Labute approximate surface area is 202 Å². The van der Waals surface area contributed by atoms with Crippen LogP contribution < -0.4 is 5.32 Å². The lowest BCUT2D eigenvalue weighted by molar-refractivity contribution is -0.140. The van der Waals surface area contributed by atoms with Crippen molar-refractivity contribution in [3.8, 4) is 11.3 Å². The molecule has 0 spiro atoms. The van der Waals surface area contributed by atoms with Gasteiger partial charge < -0.3 is 5.32 Å². The summed E-state index contributed by atoms with van der Waals surface area (Å²) in [5, 5.41) is 7.82. The molecule has 2 aliphatic rings. The van der Waals surface area contributed by atoms with Crippen molar-refractivity contribution in [3.05, 3.63) is 45.4 Å². The van der Waals surface area contributed by atoms with Crippen molar-refractivity contribution in [3.63, 3.8) is 0 Å². The number of aromatic nitrogens is 1. The van der Waals surface area contributed by atoms with Gasteiger partial charge in [0.15, 0.2) is 5.13 Å². The predicted octanol–water partition coefficient (Wildman–Crippen LogP) is 5.21. The van der Waals surface area contributed by atoms with Crippen molar-refractivity contribution < 1.29 is 27.2 Å². The van der Waals surface area contributed by atoms with Crippen LogP contribution in [0.15, 0.2) is 34.1 Å². The lowest BCUT2D eigenvalue weighted by Crippen LogP contribution is -2.35. The summed E-state index contributed by atoms with van der Waals surface area (Å²) in [4.78, 5) is 30.9. The van der Waals surface area contributed by atoms with Gasteiger partial charge in [-0.2, -0.15) is 13.2 Å². The Morgan fingerprint density at radius 2 is 1.97 bits per heavy atom. The molecule has 4 rings (SSSR count). The fraction of sp³-hybridized carbons (Fsp3) is 0.409. The summed E-state index contributed by atoms with van der Waals surface area (Å²) in [7, 11) is 3.55. The van der Waals surface area contributed by atoms with E-state index in [4.69, 9.17) is 0 Å². The minimum absolute atomic E-state index is 0.0267. The second-order valence-corrected chi connectivity index (χ2v) is 10.4. The molecule has 6 nitrogen and oxygen atoms in total. The molecule has 1 aromatic carbocycles. The first kappa shape index (κ1) is 24.7. The largest absolute Gasteiger partial charge is 0.419 e. The number of allylic oxidation sites excluding steroid dienone is 1. The second kappa shape index (κ2) is 8.97. The minimum atomic E-state index is -4.78. The molecule has 182 valence electrons. The van der Waals surface area contributed by atoms with E-state index in [1.165, 1.54) is 5.38 Å². The fourth-order valence-corrected chi connectivity index (χ4v) is 6.43. The highest BCUT2D eigenvalue weighted by Gasteiger charge is 2.51. The highest BCUT2D eigenvalue weighted by Crippen LogP contribution is 2.51. The SMILES string of the molecule is CC(C)C1=C(CC(=O)Nc2nc(-c3ccc(C(F)(F)F)c(F)c3)cs2)C2C(=O)N(C)N(C)C2S1. The van der Waals surface area contributed by atoms with Crippen LogP contribution in [-0.2, 0) is 15.8 Å². The zero-order valence-electron chi connectivity index (χ0n) is 18.7. The van der Waals surface area contributed by atoms with Crippen LogP contribution in [0.5, 0.6) is 0 Å². The van der Waals surface area contributed by atoms with E-state index < -0.39 is 23.5 Å². The molecule has 3 heterocycles. The number of nitrogens with zero attached hydrogens (tertiary/aromatic N) is 3. The third-order valence-electron chi connectivity index (χ3n) is 5.85. The molecule has 1 saturated heterocycles. The third-order valence-corrected chi connectivity index (χ3v) is 8.41. The molecule has 2 unspecified atom stereocenters. The molecule has 1 N–H and O–H groups in total. The van der Waals surface area contributed by atoms with Gasteiger partial charge in [0.1, 0.15) is 5.82 Å². The van der Waals surface area contributed by atoms with Gasteiger partial charge in [0.25, 0.3) is 0 Å². The van der Waals surface area contributed by atoms with E-state index in [0.29, 0.717) is 6.07 Å². The summed E-state index contributed by atoms with van der Waals surface area (Å²) in [6.45, 7) is 4.04. The van der Waals surface area contributed by atoms with Crippen LogP contribution in [0.1, 0.15) is 25.8 Å². The summed E-state index contributed by atoms with van der Waals surface area (Å²) >= 11 is 2.68. The van der Waals surface area contributed by atoms with Crippen molar-refractivity contribution in [1.82, 2.24) is 15.0 Å². The van der Waals surface area contributed by atoms with Crippen molar-refractivity contribution in [2.24, 2.45) is 11.8 Å². The van der Waals surface area contributed by atoms with Gasteiger partial charge in [-0.1, -0.05) is 19.9 Å². The van der Waals surface area contributed by atoms with Crippen molar-refractivity contribution >= 4 is 40.0 Å². The molecular weight excluding hydrogens is 492 g/mol. The van der Waals surface area contributed by atoms with E-state index in [0.717, 1.165) is 33.9 Å². The summed E-state index contributed by atoms with van der Waals surface area (Å²) in [6.07, 6.45) is -4.76. The maximum Gasteiger partial charge on any atom is 0.419 e. The maximum atomic E-state index is 13.9. The van der Waals surface area contributed by atoms with Gasteiger partial charge in [-0.25, -0.2) is 14.4 Å². The Morgan fingerprint density at radius 3 is 2.59 bits per heavy atom. The van der Waals surface area contributed by atoms with Gasteiger partial charge in [-0.3, -0.25) is 14.6 Å². The van der Waals surface area contributed by atoms with Crippen LogP contribution in [0.3, 0.4) is 0 Å². The third kappa shape index (κ3) is 4.46. The van der Waals surface area contributed by atoms with Gasteiger partial charge in [-0.05, 0) is 28.5 Å². The standard InChI is InChI=1S/C22H22F4N4O2S2/c1-10(2)18-12(17-19(32)29(3)30(4)20(17)34-18)8-16(31)28-21-27-15(9-33-21)11-5-6-13(14(23)7-11)22(24,25)26/h5-7,9-10,17,20H,8H2,1-4H3,(H,27,28,31). The summed E-state index contributed by atoms with van der Waals surface area (Å²) in [6, 6.07) is 2.59. The zero-order chi connectivity index (χ0) is 24.9. The molecule has 0 saturated carbocycles. The Hall–Kier alpha value is -2.44. The summed E-state index contributed by atoms with van der Waals surface area (Å²) < 4.78 is 52.3. The van der Waals surface area contributed by atoms with Gasteiger partial charge in [-0.15, -0.1) is 23.1 Å². The molecule has 2 amide bonds. The predicted molar refractivity (Wildman–Crippen MR) is 123 cm³/mol. The van der Waals surface area contributed by atoms with E-state index >= 15 is 0 Å². The molecule has 1 fully saturated rings. The van der Waals surface area contributed by atoms with Gasteiger partial charge in [0, 0.05) is 31.5 Å². The number of alkyl halides is 3. The second-order valence-electron chi connectivity index (χ2n) is 8.42. The molecule has 0 bridgehead atoms. The topological polar surface area (TPSA) is 65.5 Å². The number of thiazole rings is 1. The number of nitrogens with one attached hydrogen (secondary N) is 1. The number of halogens is 4. The summed E-state index contributed by atoms with van der Waals surface area (Å²) in [5.41, 5.74) is -0.129. The van der Waals surface area contributed by atoms with Crippen LogP contribution in [0.25, 0.3) is 11.3 Å². The van der Waals surface area contributed by atoms with Crippen LogP contribution >= 0.6 is 23.1 Å². The number of rotatable bonds is 5. The van der Waals surface area contributed by atoms with E-state index in [1.54, 1.807) is 23.8 Å². The number of fused-ring (bicyclic) bond motifs is 1. The number of anilines is 1. The maximum absolute atomic E-state index is 13.9. The quantitative estimate of drug-likeness (QED) is 0.555. The average Bonchev–Trinajstić information content (AvgIpc) is 3.40. The lowest BCUT2D eigenvalue weighted by Gasteiger charge is -2.24. The number of amides is 2. The first-order chi connectivity index (χ1) is 15.9. The number of benzene rings is 1. The Bertz CT molecular complexity index is 1180. The van der Waals surface area contributed by atoms with Crippen molar-refractivity contribution in [1.29, 1.82) is 0 Å². The first-order valence-electron chi connectivity index (χ1n) is 10.4. The van der Waals surface area contributed by atoms with E-state index in [-0.39, 0.29) is 45.9 Å². The van der Waals surface area contributed by atoms with Crippen LogP contribution in [0.2, 0.25) is 0 Å². The lowest BCUT2D eigenvalue weighted by atomic mass is 9.93. The number of thioether (sulfide) groups is 1. The molecule has 34 heavy (non-hydrogen) atoms. The normalized spacial score (nSPS) is 21.1. The number of hydrazine groups is 1. The van der Waals surface area contributed by atoms with Gasteiger partial charge in [0.05, 0.1) is 22.5 Å². The van der Waals surface area contributed by atoms with E-state index in [9.17, 15) is 27.2 Å². The number of carbonyl (C=O) groups excluding carboxylic acids is 2. The van der Waals surface area contributed by atoms with E-state index in [1.807, 2.05) is 25.9 Å². The van der Waals surface area contributed by atoms with Gasteiger partial charge >= 0.3 is 6.18 Å². The monoisotopic (exact) mass is 514 g/mol.